The van der Waals surface area contributed by atoms with Gasteiger partial charge in [-0.25, -0.2) is 19.3 Å². The molecule has 2 aliphatic heterocycles. The molecular weight excluding hydrogens is 467 g/mol. The summed E-state index contributed by atoms with van der Waals surface area (Å²) < 4.78 is 31.1. The summed E-state index contributed by atoms with van der Waals surface area (Å²) in [6.45, 7) is 3.35. The first-order valence-corrected chi connectivity index (χ1v) is 12.0. The van der Waals surface area contributed by atoms with E-state index >= 15 is 0 Å². The van der Waals surface area contributed by atoms with E-state index in [2.05, 4.69) is 25.6 Å². The number of H-pyrrole nitrogens is 1. The molecule has 4 heterocycles. The molecule has 0 aliphatic carbocycles. The van der Waals surface area contributed by atoms with E-state index in [-0.39, 0.29) is 31.0 Å². The van der Waals surface area contributed by atoms with E-state index in [0.717, 1.165) is 19.4 Å². The fourth-order valence-corrected chi connectivity index (χ4v) is 4.25. The van der Waals surface area contributed by atoms with Gasteiger partial charge in [0, 0.05) is 32.0 Å². The van der Waals surface area contributed by atoms with E-state index < -0.39 is 11.7 Å². The number of rotatable bonds is 7. The topological polar surface area (TPSA) is 123 Å². The van der Waals surface area contributed by atoms with Crippen LogP contribution in [0.4, 0.5) is 10.3 Å². The van der Waals surface area contributed by atoms with Gasteiger partial charge in [-0.05, 0) is 50.1 Å². The van der Waals surface area contributed by atoms with Crippen LogP contribution in [0.15, 0.2) is 36.5 Å². The van der Waals surface area contributed by atoms with Gasteiger partial charge in [0.15, 0.2) is 5.82 Å². The lowest BCUT2D eigenvalue weighted by molar-refractivity contribution is -0.231. The van der Waals surface area contributed by atoms with Crippen LogP contribution < -0.4 is 10.6 Å². The van der Waals surface area contributed by atoms with E-state index in [1.807, 2.05) is 6.92 Å². The van der Waals surface area contributed by atoms with Crippen LogP contribution in [0.25, 0.3) is 22.6 Å². The third-order valence-electron chi connectivity index (χ3n) is 6.37. The highest BCUT2D eigenvalue weighted by Gasteiger charge is 2.41. The Morgan fingerprint density at radius 2 is 1.94 bits per heavy atom. The average molecular weight is 497 g/mol. The van der Waals surface area contributed by atoms with Crippen LogP contribution in [0.5, 0.6) is 0 Å². The maximum atomic E-state index is 13.6. The van der Waals surface area contributed by atoms with E-state index in [9.17, 15) is 9.18 Å². The Kier molecular flexibility index (Phi) is 6.95. The number of nitrogens with one attached hydrogen (secondary N) is 3. The first-order valence-electron chi connectivity index (χ1n) is 12.0. The molecule has 2 saturated heterocycles. The van der Waals surface area contributed by atoms with Crippen molar-refractivity contribution in [2.75, 3.05) is 38.7 Å². The maximum Gasteiger partial charge on any atom is 0.230 e. The van der Waals surface area contributed by atoms with Crippen LogP contribution >= 0.6 is 0 Å². The molecule has 10 nitrogen and oxygen atoms in total. The molecule has 1 unspecified atom stereocenters. The molecule has 3 aromatic rings. The van der Waals surface area contributed by atoms with Gasteiger partial charge >= 0.3 is 0 Å². The van der Waals surface area contributed by atoms with Gasteiger partial charge in [0.05, 0.1) is 41.8 Å². The molecule has 3 N–H and O–H groups in total. The number of carbonyl (C=O) groups is 1. The second-order valence-corrected chi connectivity index (χ2v) is 9.23. The standard InChI is InChI=1S/C25H29FN6O4/c1-25(23(33)29-12-17-4-3-11-34-17)13-35-22(36-14-25)21-31-19(15-5-7-16(26)8-6-15)20(32-21)18-9-10-28-24(27-2)30-18/h5-10,17,22H,3-4,11-14H2,1-2H3,(H,29,33)(H,31,32)(H,27,28,30). The van der Waals surface area contributed by atoms with Crippen LogP contribution in [-0.4, -0.2) is 65.4 Å². The number of hydrogen-bond acceptors (Lipinski definition) is 8. The van der Waals surface area contributed by atoms with Gasteiger partial charge in [0.25, 0.3) is 0 Å². The van der Waals surface area contributed by atoms with Crippen molar-refractivity contribution < 1.29 is 23.4 Å². The minimum Gasteiger partial charge on any atom is -0.376 e. The molecular formula is C25H29FN6O4. The fraction of sp³-hybridized carbons (Fsp3) is 0.440. The molecule has 190 valence electrons. The van der Waals surface area contributed by atoms with Crippen molar-refractivity contribution in [3.05, 3.63) is 48.2 Å². The Morgan fingerprint density at radius 1 is 1.17 bits per heavy atom. The minimum absolute atomic E-state index is 0.0624. The van der Waals surface area contributed by atoms with Crippen molar-refractivity contribution in [3.63, 3.8) is 0 Å². The summed E-state index contributed by atoms with van der Waals surface area (Å²) >= 11 is 0. The highest BCUT2D eigenvalue weighted by molar-refractivity contribution is 5.82. The summed E-state index contributed by atoms with van der Waals surface area (Å²) in [6, 6.07) is 7.80. The number of aromatic amines is 1. The second kappa shape index (κ2) is 10.3. The number of imidazole rings is 1. The minimum atomic E-state index is -0.835. The molecule has 11 heteroatoms. The van der Waals surface area contributed by atoms with Gasteiger partial charge < -0.3 is 29.8 Å². The highest BCUT2D eigenvalue weighted by Crippen LogP contribution is 2.35. The quantitative estimate of drug-likeness (QED) is 0.456. The van der Waals surface area contributed by atoms with Crippen LogP contribution in [-0.2, 0) is 19.0 Å². The Hall–Kier alpha value is -3.41. The molecule has 2 aliphatic rings. The molecule has 1 amide bonds. The summed E-state index contributed by atoms with van der Waals surface area (Å²) in [7, 11) is 1.73. The maximum absolute atomic E-state index is 13.6. The zero-order valence-electron chi connectivity index (χ0n) is 20.2. The average Bonchev–Trinajstić information content (AvgIpc) is 3.59. The number of aromatic nitrogens is 4. The van der Waals surface area contributed by atoms with Crippen LogP contribution in [0, 0.1) is 11.2 Å². The van der Waals surface area contributed by atoms with Crippen LogP contribution in [0.1, 0.15) is 31.9 Å². The third-order valence-corrected chi connectivity index (χ3v) is 6.37. The number of ether oxygens (including phenoxy) is 3. The van der Waals surface area contributed by atoms with Crippen molar-refractivity contribution >= 4 is 11.9 Å². The molecule has 36 heavy (non-hydrogen) atoms. The number of carbonyl (C=O) groups excluding carboxylic acids is 1. The van der Waals surface area contributed by atoms with Gasteiger partial charge in [0.2, 0.25) is 18.1 Å². The van der Waals surface area contributed by atoms with E-state index in [1.54, 1.807) is 31.4 Å². The van der Waals surface area contributed by atoms with Gasteiger partial charge in [-0.2, -0.15) is 0 Å². The number of hydrogen-bond donors (Lipinski definition) is 3. The predicted octanol–water partition coefficient (Wildman–Crippen LogP) is 3.06. The lowest BCUT2D eigenvalue weighted by Crippen LogP contribution is -2.49. The number of halogens is 1. The van der Waals surface area contributed by atoms with Crippen LogP contribution in [0.2, 0.25) is 0 Å². The van der Waals surface area contributed by atoms with Crippen molar-refractivity contribution in [1.29, 1.82) is 0 Å². The number of anilines is 1. The molecule has 0 bridgehead atoms. The molecule has 0 radical (unpaired) electrons. The number of benzene rings is 1. The summed E-state index contributed by atoms with van der Waals surface area (Å²) in [5.41, 5.74) is 1.65. The molecule has 1 atom stereocenters. The lowest BCUT2D eigenvalue weighted by atomic mass is 9.91. The highest BCUT2D eigenvalue weighted by atomic mass is 19.1. The fourth-order valence-electron chi connectivity index (χ4n) is 4.25. The van der Waals surface area contributed by atoms with Crippen molar-refractivity contribution in [1.82, 2.24) is 25.3 Å². The molecule has 2 fully saturated rings. The zero-order chi connectivity index (χ0) is 25.1. The first-order chi connectivity index (χ1) is 17.4. The lowest BCUT2D eigenvalue weighted by Gasteiger charge is -2.35. The summed E-state index contributed by atoms with van der Waals surface area (Å²) in [5, 5.41) is 5.88. The van der Waals surface area contributed by atoms with Crippen molar-refractivity contribution in [2.45, 2.75) is 32.2 Å². The van der Waals surface area contributed by atoms with E-state index in [4.69, 9.17) is 19.2 Å². The third kappa shape index (κ3) is 5.08. The SMILES string of the molecule is CNc1nccc(-c2[nH]c(C3OCC(C)(C(=O)NCC4CCCO4)CO3)nc2-c2ccc(F)cc2)n1. The molecule has 0 saturated carbocycles. The van der Waals surface area contributed by atoms with E-state index in [0.29, 0.717) is 41.0 Å². The Balaban J connectivity index is 1.35. The van der Waals surface area contributed by atoms with Gasteiger partial charge in [-0.3, -0.25) is 4.79 Å². The van der Waals surface area contributed by atoms with Crippen molar-refractivity contribution in [3.8, 4) is 22.6 Å². The van der Waals surface area contributed by atoms with Gasteiger partial charge in [-0.1, -0.05) is 0 Å². The first kappa shape index (κ1) is 24.3. The van der Waals surface area contributed by atoms with Gasteiger partial charge in [0.1, 0.15) is 5.82 Å². The predicted molar refractivity (Wildman–Crippen MR) is 129 cm³/mol. The summed E-state index contributed by atoms with van der Waals surface area (Å²) in [6.07, 6.45) is 2.86. The molecule has 1 aromatic carbocycles. The van der Waals surface area contributed by atoms with E-state index in [1.165, 1.54) is 12.1 Å². The second-order valence-electron chi connectivity index (χ2n) is 9.23. The number of amides is 1. The van der Waals surface area contributed by atoms with Crippen molar-refractivity contribution in [2.24, 2.45) is 5.41 Å². The monoisotopic (exact) mass is 496 g/mol. The summed E-state index contributed by atoms with van der Waals surface area (Å²) in [5.74, 6) is 0.398. The number of nitrogens with zero attached hydrogens (tertiary/aromatic N) is 3. The normalized spacial score (nSPS) is 24.0. The molecule has 2 aromatic heterocycles. The van der Waals surface area contributed by atoms with Gasteiger partial charge in [-0.15, -0.1) is 0 Å². The Labute approximate surface area is 208 Å². The molecule has 5 rings (SSSR count). The largest absolute Gasteiger partial charge is 0.376 e. The zero-order valence-corrected chi connectivity index (χ0v) is 20.2. The molecule has 0 spiro atoms. The Morgan fingerprint density at radius 3 is 2.64 bits per heavy atom. The Bertz CT molecular complexity index is 1200. The van der Waals surface area contributed by atoms with Crippen LogP contribution in [0.3, 0.4) is 0 Å². The summed E-state index contributed by atoms with van der Waals surface area (Å²) in [4.78, 5) is 29.5. The smallest absolute Gasteiger partial charge is 0.230 e.